The largest absolute Gasteiger partial charge is 0.126 e. The van der Waals surface area contributed by atoms with Crippen LogP contribution >= 0.6 is 11.6 Å². The Labute approximate surface area is 69.0 Å². The molecule has 0 aromatic carbocycles. The monoisotopic (exact) mass is 160 g/mol. The van der Waals surface area contributed by atoms with Crippen LogP contribution in [0.5, 0.6) is 0 Å². The van der Waals surface area contributed by atoms with E-state index in [1.165, 1.54) is 44.9 Å². The number of alkyl halides is 1. The van der Waals surface area contributed by atoms with Crippen LogP contribution in [0, 0.1) is 5.92 Å². The van der Waals surface area contributed by atoms with Crippen molar-refractivity contribution in [3.8, 4) is 0 Å². The minimum atomic E-state index is 0.835. The van der Waals surface area contributed by atoms with Gasteiger partial charge in [0, 0.05) is 5.88 Å². The fourth-order valence-corrected chi connectivity index (χ4v) is 2.00. The summed E-state index contributed by atoms with van der Waals surface area (Å²) in [5.74, 6) is 1.72. The van der Waals surface area contributed by atoms with E-state index in [0.717, 1.165) is 11.8 Å². The molecule has 1 heteroatoms. The predicted molar refractivity (Wildman–Crippen MR) is 46.5 cm³/mol. The molecule has 1 saturated carbocycles. The van der Waals surface area contributed by atoms with E-state index in [4.69, 9.17) is 11.6 Å². The van der Waals surface area contributed by atoms with E-state index in [2.05, 4.69) is 0 Å². The van der Waals surface area contributed by atoms with E-state index in [0.29, 0.717) is 0 Å². The van der Waals surface area contributed by atoms with Crippen molar-refractivity contribution in [2.75, 3.05) is 5.88 Å². The van der Waals surface area contributed by atoms with Gasteiger partial charge in [-0.25, -0.2) is 0 Å². The predicted octanol–water partition coefficient (Wildman–Crippen LogP) is 3.59. The number of rotatable bonds is 1. The average molecular weight is 161 g/mol. The summed E-state index contributed by atoms with van der Waals surface area (Å²) in [5, 5.41) is 0. The zero-order chi connectivity index (χ0) is 7.23. The molecule has 10 heavy (non-hydrogen) atoms. The van der Waals surface area contributed by atoms with Gasteiger partial charge in [0.2, 0.25) is 0 Å². The maximum atomic E-state index is 5.81. The molecule has 0 radical (unpaired) electrons. The summed E-state index contributed by atoms with van der Waals surface area (Å²) in [6.07, 6.45) is 9.91. The molecule has 0 aromatic rings. The average Bonchev–Trinajstić information content (AvgIpc) is 1.87. The highest BCUT2D eigenvalue weighted by Gasteiger charge is 2.08. The van der Waals surface area contributed by atoms with Gasteiger partial charge in [0.1, 0.15) is 0 Å². The maximum Gasteiger partial charge on any atom is 0.0251 e. The van der Waals surface area contributed by atoms with Crippen LogP contribution in [0.4, 0.5) is 0 Å². The zero-order valence-electron chi connectivity index (χ0n) is 6.61. The first-order chi connectivity index (χ1) is 4.93. The molecule has 1 aliphatic rings. The minimum absolute atomic E-state index is 0.835. The Morgan fingerprint density at radius 2 is 1.40 bits per heavy atom. The third-order valence-electron chi connectivity index (χ3n) is 2.44. The molecule has 0 bridgehead atoms. The van der Waals surface area contributed by atoms with Crippen LogP contribution in [-0.4, -0.2) is 5.88 Å². The highest BCUT2D eigenvalue weighted by molar-refractivity contribution is 6.18. The molecule has 0 atom stereocenters. The number of hydrogen-bond donors (Lipinski definition) is 0. The fraction of sp³-hybridized carbons (Fsp3) is 1.00. The Bertz CT molecular complexity index is 72.8. The van der Waals surface area contributed by atoms with Crippen LogP contribution in [0.3, 0.4) is 0 Å². The van der Waals surface area contributed by atoms with Crippen molar-refractivity contribution in [2.45, 2.75) is 44.9 Å². The summed E-state index contributed by atoms with van der Waals surface area (Å²) in [5.41, 5.74) is 0. The molecule has 0 amide bonds. The molecule has 0 heterocycles. The molecule has 0 spiro atoms. The second-order valence-corrected chi connectivity index (χ2v) is 3.67. The summed E-state index contributed by atoms with van der Waals surface area (Å²) in [6.45, 7) is 0. The van der Waals surface area contributed by atoms with Gasteiger partial charge >= 0.3 is 0 Å². The molecule has 1 aliphatic carbocycles. The van der Waals surface area contributed by atoms with E-state index < -0.39 is 0 Å². The lowest BCUT2D eigenvalue weighted by molar-refractivity contribution is 0.407. The highest BCUT2D eigenvalue weighted by Crippen LogP contribution is 2.22. The normalized spacial score (nSPS) is 23.7. The summed E-state index contributed by atoms with van der Waals surface area (Å²) in [4.78, 5) is 0. The zero-order valence-corrected chi connectivity index (χ0v) is 7.37. The first-order valence-electron chi connectivity index (χ1n) is 4.49. The van der Waals surface area contributed by atoms with E-state index in [-0.39, 0.29) is 0 Å². The van der Waals surface area contributed by atoms with Crippen LogP contribution in [0.1, 0.15) is 44.9 Å². The van der Waals surface area contributed by atoms with Gasteiger partial charge in [-0.05, 0) is 18.8 Å². The molecule has 0 aliphatic heterocycles. The Morgan fingerprint density at radius 3 is 1.90 bits per heavy atom. The quantitative estimate of drug-likeness (QED) is 0.515. The van der Waals surface area contributed by atoms with Gasteiger partial charge in [0.25, 0.3) is 0 Å². The van der Waals surface area contributed by atoms with Crippen molar-refractivity contribution in [2.24, 2.45) is 5.92 Å². The van der Waals surface area contributed by atoms with E-state index in [9.17, 15) is 0 Å². The van der Waals surface area contributed by atoms with Crippen LogP contribution < -0.4 is 0 Å². The van der Waals surface area contributed by atoms with Gasteiger partial charge in [-0.3, -0.25) is 0 Å². The van der Waals surface area contributed by atoms with Gasteiger partial charge in [0.05, 0.1) is 0 Å². The third kappa shape index (κ3) is 2.92. The van der Waals surface area contributed by atoms with Gasteiger partial charge in [0.15, 0.2) is 0 Å². The van der Waals surface area contributed by atoms with Gasteiger partial charge in [-0.15, -0.1) is 11.6 Å². The lowest BCUT2D eigenvalue weighted by Crippen LogP contribution is -2.04. The molecule has 0 unspecified atom stereocenters. The van der Waals surface area contributed by atoms with Crippen molar-refractivity contribution >= 4 is 11.6 Å². The van der Waals surface area contributed by atoms with Crippen LogP contribution in [0.15, 0.2) is 0 Å². The Hall–Kier alpha value is 0.290. The highest BCUT2D eigenvalue weighted by atomic mass is 35.5. The molecule has 0 N–H and O–H groups in total. The molecular formula is C9H17Cl. The van der Waals surface area contributed by atoms with Crippen LogP contribution in [0.25, 0.3) is 0 Å². The molecular weight excluding hydrogens is 144 g/mol. The van der Waals surface area contributed by atoms with Crippen LogP contribution in [0.2, 0.25) is 0 Å². The second-order valence-electron chi connectivity index (χ2n) is 3.37. The lowest BCUT2D eigenvalue weighted by Gasteiger charge is -2.16. The summed E-state index contributed by atoms with van der Waals surface area (Å²) in [6, 6.07) is 0. The van der Waals surface area contributed by atoms with Gasteiger partial charge in [-0.1, -0.05) is 32.1 Å². The Balaban J connectivity index is 2.16. The topological polar surface area (TPSA) is 0 Å². The first kappa shape index (κ1) is 8.39. The van der Waals surface area contributed by atoms with Crippen LogP contribution in [-0.2, 0) is 0 Å². The Kier molecular flexibility index (Phi) is 4.20. The number of halogens is 1. The standard InChI is InChI=1S/C9H17Cl/c10-8-9-6-4-2-1-3-5-7-9/h9H,1-8H2. The van der Waals surface area contributed by atoms with Crippen molar-refractivity contribution in [3.63, 3.8) is 0 Å². The van der Waals surface area contributed by atoms with E-state index >= 15 is 0 Å². The molecule has 60 valence electrons. The molecule has 1 fully saturated rings. The van der Waals surface area contributed by atoms with Crippen molar-refractivity contribution in [3.05, 3.63) is 0 Å². The van der Waals surface area contributed by atoms with Gasteiger partial charge < -0.3 is 0 Å². The fourth-order valence-electron chi connectivity index (χ4n) is 1.69. The number of hydrogen-bond acceptors (Lipinski definition) is 0. The summed E-state index contributed by atoms with van der Waals surface area (Å²) < 4.78 is 0. The molecule has 0 saturated heterocycles. The lowest BCUT2D eigenvalue weighted by atomic mass is 9.93. The molecule has 0 nitrogen and oxygen atoms in total. The molecule has 0 aromatic heterocycles. The van der Waals surface area contributed by atoms with E-state index in [1.54, 1.807) is 0 Å². The van der Waals surface area contributed by atoms with Gasteiger partial charge in [-0.2, -0.15) is 0 Å². The third-order valence-corrected chi connectivity index (χ3v) is 2.88. The summed E-state index contributed by atoms with van der Waals surface area (Å²) in [7, 11) is 0. The molecule has 1 rings (SSSR count). The Morgan fingerprint density at radius 1 is 0.900 bits per heavy atom. The summed E-state index contributed by atoms with van der Waals surface area (Å²) >= 11 is 5.81. The maximum absolute atomic E-state index is 5.81. The minimum Gasteiger partial charge on any atom is -0.126 e. The SMILES string of the molecule is ClCC1CCCCCCC1. The smallest absolute Gasteiger partial charge is 0.0251 e. The van der Waals surface area contributed by atoms with Crippen molar-refractivity contribution < 1.29 is 0 Å². The van der Waals surface area contributed by atoms with Crippen molar-refractivity contribution in [1.29, 1.82) is 0 Å². The first-order valence-corrected chi connectivity index (χ1v) is 5.03. The van der Waals surface area contributed by atoms with E-state index in [1.807, 2.05) is 0 Å². The second kappa shape index (κ2) is 5.01. The van der Waals surface area contributed by atoms with Crippen molar-refractivity contribution in [1.82, 2.24) is 0 Å².